The number of phenolic OH excluding ortho intramolecular Hbond substituents is 1. The van der Waals surface area contributed by atoms with Crippen molar-refractivity contribution >= 4 is 8.19 Å². The second-order valence-electron chi connectivity index (χ2n) is 7.67. The van der Waals surface area contributed by atoms with E-state index in [0.717, 1.165) is 5.56 Å². The van der Waals surface area contributed by atoms with Gasteiger partial charge in [0.25, 0.3) is 0 Å². The lowest BCUT2D eigenvalue weighted by Gasteiger charge is -2.25. The maximum atomic E-state index is 9.48. The van der Waals surface area contributed by atoms with Crippen LogP contribution < -0.4 is 0 Å². The topological polar surface area (TPSA) is 20.2 Å². The van der Waals surface area contributed by atoms with Crippen molar-refractivity contribution < 1.29 is 5.11 Å². The van der Waals surface area contributed by atoms with Crippen LogP contribution in [-0.4, -0.2) is 5.11 Å². The molecule has 0 aliphatic carbocycles. The molecule has 0 fully saturated rings. The maximum absolute atomic E-state index is 9.48. The minimum atomic E-state index is 0.161. The highest BCUT2D eigenvalue weighted by Gasteiger charge is 2.21. The fraction of sp³-hybridized carbons (Fsp3) is 0.421. The molecule has 1 aromatic heterocycles. The fourth-order valence-electron chi connectivity index (χ4n) is 2.12. The van der Waals surface area contributed by atoms with Gasteiger partial charge in [0.05, 0.1) is 0 Å². The molecule has 0 amide bonds. The van der Waals surface area contributed by atoms with E-state index in [9.17, 15) is 5.11 Å². The van der Waals surface area contributed by atoms with E-state index >= 15 is 0 Å². The van der Waals surface area contributed by atoms with Crippen LogP contribution in [0.1, 0.15) is 52.1 Å². The average Bonchev–Trinajstić information content (AvgIpc) is 2.37. The smallest absolute Gasteiger partial charge is 0.115 e. The largest absolute Gasteiger partial charge is 0.508 e. The molecule has 2 heteroatoms. The number of rotatable bonds is 1. The Morgan fingerprint density at radius 2 is 1.14 bits per heavy atom. The summed E-state index contributed by atoms with van der Waals surface area (Å²) in [7, 11) is 1.33. The second-order valence-corrected chi connectivity index (χ2v) is 8.86. The third-order valence-corrected chi connectivity index (χ3v) is 5.64. The standard InChI is InChI=1S/C19H25OP/c1-18(2,3)16-11-14(12-17(21-16)19(4,5)6)13-7-9-15(20)10-8-13/h7-12,20H,1-6H3. The van der Waals surface area contributed by atoms with Crippen LogP contribution in [0.2, 0.25) is 0 Å². The molecule has 1 heterocycles. The minimum Gasteiger partial charge on any atom is -0.508 e. The molecule has 1 nitrogen and oxygen atoms in total. The van der Waals surface area contributed by atoms with E-state index < -0.39 is 0 Å². The van der Waals surface area contributed by atoms with Crippen molar-refractivity contribution in [3.05, 3.63) is 47.0 Å². The van der Waals surface area contributed by atoms with Crippen molar-refractivity contribution in [1.82, 2.24) is 0 Å². The van der Waals surface area contributed by atoms with Crippen LogP contribution in [0.5, 0.6) is 5.75 Å². The molecule has 1 aromatic carbocycles. The van der Waals surface area contributed by atoms with Crippen molar-refractivity contribution in [2.24, 2.45) is 0 Å². The van der Waals surface area contributed by atoms with Crippen LogP contribution >= 0.6 is 8.19 Å². The predicted octanol–water partition coefficient (Wildman–Crippen LogP) is 6.23. The Labute approximate surface area is 130 Å². The van der Waals surface area contributed by atoms with Gasteiger partial charge in [-0.25, -0.2) is 0 Å². The number of phenols is 1. The molecule has 21 heavy (non-hydrogen) atoms. The summed E-state index contributed by atoms with van der Waals surface area (Å²) in [6.07, 6.45) is 0. The van der Waals surface area contributed by atoms with E-state index in [4.69, 9.17) is 0 Å². The van der Waals surface area contributed by atoms with Crippen LogP contribution in [0.25, 0.3) is 11.1 Å². The van der Waals surface area contributed by atoms with Gasteiger partial charge in [-0.1, -0.05) is 61.9 Å². The van der Waals surface area contributed by atoms with Crippen molar-refractivity contribution in [2.45, 2.75) is 52.4 Å². The van der Waals surface area contributed by atoms with E-state index in [0.29, 0.717) is 5.75 Å². The Hall–Kier alpha value is -1.33. The normalized spacial score (nSPS) is 12.5. The molecule has 0 aliphatic heterocycles. The summed E-state index contributed by atoms with van der Waals surface area (Å²) in [6.45, 7) is 13.6. The lowest BCUT2D eigenvalue weighted by molar-refractivity contribution is 0.475. The van der Waals surface area contributed by atoms with E-state index in [1.165, 1.54) is 24.3 Å². The Kier molecular flexibility index (Phi) is 4.17. The number of benzene rings is 1. The van der Waals surface area contributed by atoms with E-state index in [1.54, 1.807) is 12.1 Å². The van der Waals surface area contributed by atoms with Gasteiger partial charge < -0.3 is 5.11 Å². The number of hydrogen-bond donors (Lipinski definition) is 1. The first-order valence-corrected chi connectivity index (χ1v) is 8.29. The highest BCUT2D eigenvalue weighted by atomic mass is 31.0. The van der Waals surface area contributed by atoms with Crippen molar-refractivity contribution in [1.29, 1.82) is 0 Å². The van der Waals surface area contributed by atoms with Crippen LogP contribution in [0.15, 0.2) is 36.4 Å². The van der Waals surface area contributed by atoms with Crippen molar-refractivity contribution in [3.8, 4) is 16.9 Å². The van der Waals surface area contributed by atoms with Gasteiger partial charge in [0.15, 0.2) is 0 Å². The summed E-state index contributed by atoms with van der Waals surface area (Å²) >= 11 is 0. The zero-order valence-electron chi connectivity index (χ0n) is 13.9. The van der Waals surface area contributed by atoms with Crippen LogP contribution in [0.3, 0.4) is 0 Å². The van der Waals surface area contributed by atoms with Gasteiger partial charge in [-0.2, -0.15) is 0 Å². The third-order valence-electron chi connectivity index (χ3n) is 3.56. The Balaban J connectivity index is 2.63. The van der Waals surface area contributed by atoms with Crippen LogP contribution in [0, 0.1) is 0 Å². The number of aromatic hydroxyl groups is 1. The third kappa shape index (κ3) is 3.86. The summed E-state index contributed by atoms with van der Waals surface area (Å²) in [5, 5.41) is 12.4. The van der Waals surface area contributed by atoms with Crippen molar-refractivity contribution in [3.63, 3.8) is 0 Å². The van der Waals surface area contributed by atoms with Crippen LogP contribution in [0.4, 0.5) is 0 Å². The predicted molar refractivity (Wildman–Crippen MR) is 93.5 cm³/mol. The van der Waals surface area contributed by atoms with Gasteiger partial charge in [0, 0.05) is 0 Å². The Morgan fingerprint density at radius 1 is 0.714 bits per heavy atom. The second kappa shape index (κ2) is 5.46. The first-order valence-electron chi connectivity index (χ1n) is 7.40. The summed E-state index contributed by atoms with van der Waals surface area (Å²) in [6, 6.07) is 12.1. The molecule has 0 aliphatic rings. The maximum Gasteiger partial charge on any atom is 0.115 e. The summed E-state index contributed by atoms with van der Waals surface area (Å²) in [5.74, 6) is 0.313. The monoisotopic (exact) mass is 300 g/mol. The molecule has 2 aromatic rings. The first kappa shape index (κ1) is 16.0. The summed E-state index contributed by atoms with van der Waals surface area (Å²) in [5.41, 5.74) is 2.72. The average molecular weight is 300 g/mol. The molecule has 2 rings (SSSR count). The summed E-state index contributed by atoms with van der Waals surface area (Å²) < 4.78 is 0. The highest BCUT2D eigenvalue weighted by molar-refractivity contribution is 7.32. The molecule has 0 saturated heterocycles. The van der Waals surface area contributed by atoms with Gasteiger partial charge in [-0.15, -0.1) is 0 Å². The Bertz CT molecular complexity index is 596. The fourth-order valence-corrected chi connectivity index (χ4v) is 3.46. The van der Waals surface area contributed by atoms with Crippen LogP contribution in [-0.2, 0) is 10.8 Å². The van der Waals surface area contributed by atoms with Gasteiger partial charge in [-0.05, 0) is 56.8 Å². The lowest BCUT2D eigenvalue weighted by Crippen LogP contribution is -2.13. The lowest BCUT2D eigenvalue weighted by atomic mass is 9.90. The quantitative estimate of drug-likeness (QED) is 0.661. The zero-order valence-corrected chi connectivity index (χ0v) is 14.8. The van der Waals surface area contributed by atoms with Gasteiger partial charge in [-0.3, -0.25) is 0 Å². The molecule has 0 spiro atoms. The SMILES string of the molecule is CC(C)(C)c1cc(-c2ccc(O)cc2)cc(C(C)(C)C)p1. The highest BCUT2D eigenvalue weighted by Crippen LogP contribution is 2.41. The molecule has 0 atom stereocenters. The van der Waals surface area contributed by atoms with Gasteiger partial charge in [0.2, 0.25) is 0 Å². The van der Waals surface area contributed by atoms with Crippen molar-refractivity contribution in [2.75, 3.05) is 0 Å². The van der Waals surface area contributed by atoms with E-state index in [2.05, 4.69) is 53.7 Å². The van der Waals surface area contributed by atoms with Gasteiger partial charge >= 0.3 is 0 Å². The molecular weight excluding hydrogens is 275 g/mol. The minimum absolute atomic E-state index is 0.161. The molecule has 1 N–H and O–H groups in total. The van der Waals surface area contributed by atoms with E-state index in [-0.39, 0.29) is 10.8 Å². The molecule has 0 saturated carbocycles. The molecular formula is C19H25OP. The molecule has 0 unspecified atom stereocenters. The number of hydrogen-bond acceptors (Lipinski definition) is 1. The molecule has 0 bridgehead atoms. The zero-order chi connectivity index (χ0) is 15.8. The van der Waals surface area contributed by atoms with E-state index in [1.807, 2.05) is 12.1 Å². The Morgan fingerprint density at radius 3 is 1.52 bits per heavy atom. The first-order chi connectivity index (χ1) is 9.57. The molecule has 112 valence electrons. The van der Waals surface area contributed by atoms with Gasteiger partial charge in [0.1, 0.15) is 5.75 Å². The summed E-state index contributed by atoms with van der Waals surface area (Å²) in [4.78, 5) is 0. The molecule has 0 radical (unpaired) electrons.